The summed E-state index contributed by atoms with van der Waals surface area (Å²) in [6.45, 7) is 6.13. The van der Waals surface area contributed by atoms with Crippen LogP contribution in [0.25, 0.3) is 11.0 Å². The largest absolute Gasteiger partial charge is 0.370 e. The minimum absolute atomic E-state index is 0.0509. The van der Waals surface area contributed by atoms with Crippen molar-refractivity contribution in [2.45, 2.75) is 64.0 Å². The van der Waals surface area contributed by atoms with Crippen molar-refractivity contribution in [3.05, 3.63) is 82.4 Å². The van der Waals surface area contributed by atoms with Crippen LogP contribution in [0.2, 0.25) is 0 Å². The molecule has 1 saturated heterocycles. The van der Waals surface area contributed by atoms with Crippen molar-refractivity contribution < 1.29 is 0 Å². The van der Waals surface area contributed by atoms with E-state index in [9.17, 15) is 4.79 Å². The zero-order valence-electron chi connectivity index (χ0n) is 22.8. The smallest absolute Gasteiger partial charge is 0.256 e. The molecule has 0 bridgehead atoms. The van der Waals surface area contributed by atoms with Crippen molar-refractivity contribution in [3.8, 4) is 0 Å². The molecular weight excluding hydrogens is 486 g/mol. The van der Waals surface area contributed by atoms with Crippen LogP contribution < -0.4 is 21.5 Å². The Labute approximate surface area is 229 Å². The van der Waals surface area contributed by atoms with Crippen LogP contribution in [0.15, 0.2) is 65.7 Å². The van der Waals surface area contributed by atoms with Gasteiger partial charge in [-0.2, -0.15) is 4.98 Å². The maximum absolute atomic E-state index is 13.7. The first-order valence-corrected chi connectivity index (χ1v) is 14.1. The van der Waals surface area contributed by atoms with Gasteiger partial charge in [0.25, 0.3) is 5.56 Å². The van der Waals surface area contributed by atoms with Crippen molar-refractivity contribution in [1.29, 1.82) is 0 Å². The second kappa shape index (κ2) is 10.4. The van der Waals surface area contributed by atoms with Gasteiger partial charge in [-0.05, 0) is 62.8 Å². The van der Waals surface area contributed by atoms with Crippen molar-refractivity contribution in [2.75, 3.05) is 23.3 Å². The van der Waals surface area contributed by atoms with Crippen molar-refractivity contribution in [3.63, 3.8) is 0 Å². The molecule has 1 aromatic carbocycles. The highest BCUT2D eigenvalue weighted by atomic mass is 16.1. The number of nitrogens with one attached hydrogen (secondary N) is 1. The molecule has 1 aliphatic heterocycles. The average molecular weight is 524 g/mol. The first kappa shape index (κ1) is 25.5. The molecule has 0 amide bonds. The van der Waals surface area contributed by atoms with Crippen LogP contribution in [0.5, 0.6) is 0 Å². The normalized spacial score (nSPS) is 18.2. The lowest BCUT2D eigenvalue weighted by Gasteiger charge is -2.27. The van der Waals surface area contributed by atoms with E-state index < -0.39 is 0 Å². The predicted octanol–water partition coefficient (Wildman–Crippen LogP) is 5.20. The van der Waals surface area contributed by atoms with Crippen LogP contribution in [0, 0.1) is 5.92 Å². The van der Waals surface area contributed by atoms with E-state index in [0.29, 0.717) is 29.8 Å². The van der Waals surface area contributed by atoms with Crippen LogP contribution in [-0.2, 0) is 6.42 Å². The quantitative estimate of drug-likeness (QED) is 0.343. The van der Waals surface area contributed by atoms with Crippen LogP contribution in [0.1, 0.15) is 63.1 Å². The van der Waals surface area contributed by atoms with Crippen molar-refractivity contribution >= 4 is 28.5 Å². The highest BCUT2D eigenvalue weighted by Crippen LogP contribution is 2.32. The third kappa shape index (κ3) is 5.39. The molecule has 6 rings (SSSR count). The summed E-state index contributed by atoms with van der Waals surface area (Å²) in [6, 6.07) is 16.3. The summed E-state index contributed by atoms with van der Waals surface area (Å²) in [5.41, 5.74) is 9.89. The van der Waals surface area contributed by atoms with Gasteiger partial charge in [0.2, 0.25) is 5.95 Å². The predicted molar refractivity (Wildman–Crippen MR) is 157 cm³/mol. The van der Waals surface area contributed by atoms with Gasteiger partial charge in [0.1, 0.15) is 11.5 Å². The molecule has 1 unspecified atom stereocenters. The van der Waals surface area contributed by atoms with Gasteiger partial charge in [-0.15, -0.1) is 0 Å². The first-order chi connectivity index (χ1) is 18.8. The Hall–Kier alpha value is -3.78. The van der Waals surface area contributed by atoms with Gasteiger partial charge in [0.05, 0.1) is 11.9 Å². The highest BCUT2D eigenvalue weighted by Gasteiger charge is 2.32. The summed E-state index contributed by atoms with van der Waals surface area (Å²) >= 11 is 0. The lowest BCUT2D eigenvalue weighted by atomic mass is 9.88. The Bertz CT molecular complexity index is 1500. The molecule has 2 aliphatic rings. The van der Waals surface area contributed by atoms with E-state index in [-0.39, 0.29) is 17.1 Å². The number of hydrogen-bond acceptors (Lipinski definition) is 7. The van der Waals surface area contributed by atoms with Gasteiger partial charge in [-0.25, -0.2) is 9.97 Å². The molecule has 3 aromatic heterocycles. The van der Waals surface area contributed by atoms with E-state index in [0.717, 1.165) is 67.4 Å². The van der Waals surface area contributed by atoms with E-state index in [4.69, 9.17) is 10.7 Å². The summed E-state index contributed by atoms with van der Waals surface area (Å²) in [7, 11) is 0. The van der Waals surface area contributed by atoms with Crippen LogP contribution in [0.3, 0.4) is 0 Å². The number of nitrogens with two attached hydrogens (primary N) is 1. The molecule has 0 spiro atoms. The fraction of sp³-hybridized carbons (Fsp3) is 0.419. The molecule has 8 nitrogen and oxygen atoms in total. The van der Waals surface area contributed by atoms with Gasteiger partial charge >= 0.3 is 0 Å². The van der Waals surface area contributed by atoms with Crippen LogP contribution in [-0.4, -0.2) is 38.1 Å². The molecule has 2 fully saturated rings. The van der Waals surface area contributed by atoms with Gasteiger partial charge in [0, 0.05) is 48.2 Å². The molecule has 3 N–H and O–H groups in total. The van der Waals surface area contributed by atoms with Gasteiger partial charge in [0.15, 0.2) is 0 Å². The van der Waals surface area contributed by atoms with E-state index in [1.165, 1.54) is 0 Å². The lowest BCUT2D eigenvalue weighted by molar-refractivity contribution is 0.348. The number of hydrogen-bond donors (Lipinski definition) is 2. The molecule has 1 saturated carbocycles. The standard InChI is InChI=1S/C31H37N7O/c1-31(2,32)24-14-15-37(20-24)26-12-13-27(33-19-26)35-30-34-18-23-17-22(16-21-8-4-3-5-9-21)29(39)38(28(23)36-30)25-10-6-7-11-25/h3-5,8-9,12-13,17-19,24-25H,6-7,10-11,14-16,20,32H2,1-2H3,(H,33,34,35,36). The Balaban J connectivity index is 1.27. The van der Waals surface area contributed by atoms with E-state index in [1.807, 2.05) is 47.3 Å². The molecular formula is C31H37N7O. The second-order valence-electron chi connectivity index (χ2n) is 11.7. The third-order valence-corrected chi connectivity index (χ3v) is 8.37. The topological polar surface area (TPSA) is 102 Å². The highest BCUT2D eigenvalue weighted by molar-refractivity contribution is 5.77. The average Bonchev–Trinajstić information content (AvgIpc) is 3.64. The summed E-state index contributed by atoms with van der Waals surface area (Å²) in [6.07, 6.45) is 9.65. The number of fused-ring (bicyclic) bond motifs is 1. The molecule has 4 heterocycles. The van der Waals surface area contributed by atoms with Gasteiger partial charge in [-0.3, -0.25) is 9.36 Å². The monoisotopic (exact) mass is 523 g/mol. The Kier molecular flexibility index (Phi) is 6.81. The Morgan fingerprint density at radius 1 is 1.03 bits per heavy atom. The minimum atomic E-state index is -0.182. The summed E-state index contributed by atoms with van der Waals surface area (Å²) < 4.78 is 1.92. The zero-order valence-corrected chi connectivity index (χ0v) is 22.8. The fourth-order valence-corrected chi connectivity index (χ4v) is 6.04. The molecule has 1 atom stereocenters. The van der Waals surface area contributed by atoms with Crippen molar-refractivity contribution in [1.82, 2.24) is 19.5 Å². The number of rotatable bonds is 7. The third-order valence-electron chi connectivity index (χ3n) is 8.37. The van der Waals surface area contributed by atoms with Gasteiger partial charge in [-0.1, -0.05) is 43.2 Å². The minimum Gasteiger partial charge on any atom is -0.370 e. The number of benzene rings is 1. The number of nitrogens with zero attached hydrogens (tertiary/aromatic N) is 5. The maximum atomic E-state index is 13.7. The second-order valence-corrected chi connectivity index (χ2v) is 11.7. The number of anilines is 3. The number of aromatic nitrogens is 4. The first-order valence-electron chi connectivity index (χ1n) is 14.1. The SMILES string of the molecule is CC(C)(N)C1CCN(c2ccc(Nc3ncc4cc(Cc5ccccc5)c(=O)n(C5CCCC5)c4n3)nc2)C1. The summed E-state index contributed by atoms with van der Waals surface area (Å²) in [4.78, 5) is 30.1. The van der Waals surface area contributed by atoms with Crippen molar-refractivity contribution in [2.24, 2.45) is 11.7 Å². The molecule has 39 heavy (non-hydrogen) atoms. The van der Waals surface area contributed by atoms with Crippen LogP contribution >= 0.6 is 0 Å². The Morgan fingerprint density at radius 3 is 2.51 bits per heavy atom. The summed E-state index contributed by atoms with van der Waals surface area (Å²) in [5.74, 6) is 1.58. The maximum Gasteiger partial charge on any atom is 0.256 e. The van der Waals surface area contributed by atoms with Gasteiger partial charge < -0.3 is 16.0 Å². The molecule has 4 aromatic rings. The molecule has 1 aliphatic carbocycles. The van der Waals surface area contributed by atoms with E-state index in [2.05, 4.69) is 52.2 Å². The molecule has 202 valence electrons. The van der Waals surface area contributed by atoms with E-state index >= 15 is 0 Å². The van der Waals surface area contributed by atoms with E-state index in [1.54, 1.807) is 0 Å². The fourth-order valence-electron chi connectivity index (χ4n) is 6.04. The molecule has 8 heteroatoms. The Morgan fingerprint density at radius 2 is 1.82 bits per heavy atom. The lowest BCUT2D eigenvalue weighted by Crippen LogP contribution is -2.42. The summed E-state index contributed by atoms with van der Waals surface area (Å²) in [5, 5.41) is 4.13. The number of pyridine rings is 2. The molecule has 0 radical (unpaired) electrons. The zero-order chi connectivity index (χ0) is 27.0. The van der Waals surface area contributed by atoms with Crippen LogP contribution in [0.4, 0.5) is 17.5 Å².